The molecule has 1 fully saturated rings. The molecule has 0 aliphatic carbocycles. The fraction of sp³-hybridized carbons (Fsp3) is 0.571. The zero-order valence-corrected chi connectivity index (χ0v) is 11.3. The van der Waals surface area contributed by atoms with E-state index in [1.807, 2.05) is 18.2 Å². The molecule has 17 heavy (non-hydrogen) atoms. The smallest absolute Gasteiger partial charge is 0.0554 e. The summed E-state index contributed by atoms with van der Waals surface area (Å²) in [5, 5.41) is 4.42. The van der Waals surface area contributed by atoms with Crippen molar-refractivity contribution in [2.75, 3.05) is 19.8 Å². The Labute approximate surface area is 108 Å². The Kier molecular flexibility index (Phi) is 4.08. The zero-order chi connectivity index (χ0) is 12.3. The minimum atomic E-state index is 0.312. The molecule has 1 aliphatic heterocycles. The van der Waals surface area contributed by atoms with Crippen LogP contribution in [0.15, 0.2) is 24.3 Å². The van der Waals surface area contributed by atoms with Crippen LogP contribution in [0.4, 0.5) is 0 Å². The standard InChI is InChI=1S/C14H20ClNO/c1-3-13(11-5-4-6-12(15)7-11)16-8-14(2)9-17-10-14/h4-7,13,16H,3,8-10H2,1-2H3. The number of rotatable bonds is 5. The molecule has 1 N–H and O–H groups in total. The molecule has 2 rings (SSSR count). The number of ether oxygens (including phenoxy) is 1. The second-order valence-corrected chi connectivity index (χ2v) is 5.64. The van der Waals surface area contributed by atoms with Crippen LogP contribution in [-0.2, 0) is 4.74 Å². The number of nitrogens with one attached hydrogen (secondary N) is 1. The molecule has 1 unspecified atom stereocenters. The second-order valence-electron chi connectivity index (χ2n) is 5.20. The molecule has 1 atom stereocenters. The van der Waals surface area contributed by atoms with Crippen LogP contribution in [0, 0.1) is 5.41 Å². The third-order valence-electron chi connectivity index (χ3n) is 3.34. The number of hydrogen-bond acceptors (Lipinski definition) is 2. The summed E-state index contributed by atoms with van der Waals surface area (Å²) >= 11 is 6.03. The van der Waals surface area contributed by atoms with Crippen molar-refractivity contribution in [1.82, 2.24) is 5.32 Å². The molecule has 0 bridgehead atoms. The topological polar surface area (TPSA) is 21.3 Å². The highest BCUT2D eigenvalue weighted by molar-refractivity contribution is 6.30. The predicted octanol–water partition coefficient (Wildman–Crippen LogP) is 3.42. The molecule has 1 saturated heterocycles. The first-order chi connectivity index (χ1) is 8.13. The van der Waals surface area contributed by atoms with Gasteiger partial charge in [-0.25, -0.2) is 0 Å². The van der Waals surface area contributed by atoms with Gasteiger partial charge in [-0.3, -0.25) is 0 Å². The van der Waals surface area contributed by atoms with Crippen molar-refractivity contribution in [1.29, 1.82) is 0 Å². The van der Waals surface area contributed by atoms with E-state index >= 15 is 0 Å². The molecule has 0 aromatic heterocycles. The van der Waals surface area contributed by atoms with Gasteiger partial charge in [0.25, 0.3) is 0 Å². The monoisotopic (exact) mass is 253 g/mol. The first-order valence-electron chi connectivity index (χ1n) is 6.19. The van der Waals surface area contributed by atoms with Crippen LogP contribution in [-0.4, -0.2) is 19.8 Å². The van der Waals surface area contributed by atoms with Crippen molar-refractivity contribution in [2.24, 2.45) is 5.41 Å². The first-order valence-corrected chi connectivity index (χ1v) is 6.57. The Morgan fingerprint density at radius 2 is 2.24 bits per heavy atom. The summed E-state index contributed by atoms with van der Waals surface area (Å²) in [5.74, 6) is 0. The van der Waals surface area contributed by atoms with Crippen LogP contribution in [0.25, 0.3) is 0 Å². The van der Waals surface area contributed by atoms with Gasteiger partial charge in [-0.2, -0.15) is 0 Å². The van der Waals surface area contributed by atoms with Crippen molar-refractivity contribution >= 4 is 11.6 Å². The first kappa shape index (κ1) is 12.9. The lowest BCUT2D eigenvalue weighted by molar-refractivity contribution is -0.100. The van der Waals surface area contributed by atoms with Crippen molar-refractivity contribution in [3.05, 3.63) is 34.9 Å². The summed E-state index contributed by atoms with van der Waals surface area (Å²) in [7, 11) is 0. The molecule has 2 nitrogen and oxygen atoms in total. The van der Waals surface area contributed by atoms with E-state index in [0.29, 0.717) is 11.5 Å². The largest absolute Gasteiger partial charge is 0.380 e. The van der Waals surface area contributed by atoms with E-state index in [-0.39, 0.29) is 0 Å². The van der Waals surface area contributed by atoms with Crippen LogP contribution in [0.3, 0.4) is 0 Å². The zero-order valence-electron chi connectivity index (χ0n) is 10.5. The Morgan fingerprint density at radius 3 is 2.76 bits per heavy atom. The minimum Gasteiger partial charge on any atom is -0.380 e. The molecular formula is C14H20ClNO. The second kappa shape index (κ2) is 5.38. The summed E-state index contributed by atoms with van der Waals surface area (Å²) in [6.45, 7) is 7.18. The van der Waals surface area contributed by atoms with E-state index in [1.54, 1.807) is 0 Å². The van der Waals surface area contributed by atoms with Crippen LogP contribution < -0.4 is 5.32 Å². The molecule has 1 aliphatic rings. The van der Waals surface area contributed by atoms with Gasteiger partial charge in [0.1, 0.15) is 0 Å². The molecule has 0 amide bonds. The molecule has 1 aromatic carbocycles. The number of benzene rings is 1. The third kappa shape index (κ3) is 3.21. The van der Waals surface area contributed by atoms with Gasteiger partial charge in [0.2, 0.25) is 0 Å². The quantitative estimate of drug-likeness (QED) is 0.868. The van der Waals surface area contributed by atoms with Gasteiger partial charge in [0, 0.05) is 23.0 Å². The lowest BCUT2D eigenvalue weighted by Gasteiger charge is -2.39. The molecule has 1 aromatic rings. The SMILES string of the molecule is CCC(NCC1(C)COC1)c1cccc(Cl)c1. The van der Waals surface area contributed by atoms with Crippen molar-refractivity contribution in [3.63, 3.8) is 0 Å². The fourth-order valence-electron chi connectivity index (χ4n) is 2.14. The van der Waals surface area contributed by atoms with Gasteiger partial charge < -0.3 is 10.1 Å². The Hall–Kier alpha value is -0.570. The van der Waals surface area contributed by atoms with Gasteiger partial charge in [-0.05, 0) is 24.1 Å². The summed E-state index contributed by atoms with van der Waals surface area (Å²) in [4.78, 5) is 0. The molecule has 0 saturated carbocycles. The minimum absolute atomic E-state index is 0.312. The number of hydrogen-bond donors (Lipinski definition) is 1. The average molecular weight is 254 g/mol. The van der Waals surface area contributed by atoms with E-state index in [0.717, 1.165) is 31.2 Å². The van der Waals surface area contributed by atoms with E-state index < -0.39 is 0 Å². The summed E-state index contributed by atoms with van der Waals surface area (Å²) in [6.07, 6.45) is 1.07. The van der Waals surface area contributed by atoms with Crippen LogP contribution in [0.1, 0.15) is 31.9 Å². The highest BCUT2D eigenvalue weighted by Gasteiger charge is 2.33. The maximum atomic E-state index is 6.03. The molecule has 3 heteroatoms. The van der Waals surface area contributed by atoms with Gasteiger partial charge in [-0.1, -0.05) is 37.6 Å². The average Bonchev–Trinajstić information content (AvgIpc) is 2.28. The molecule has 1 heterocycles. The summed E-state index contributed by atoms with van der Waals surface area (Å²) in [5.41, 5.74) is 1.58. The highest BCUT2D eigenvalue weighted by Crippen LogP contribution is 2.27. The van der Waals surface area contributed by atoms with E-state index in [1.165, 1.54) is 5.56 Å². The van der Waals surface area contributed by atoms with Crippen molar-refractivity contribution < 1.29 is 4.74 Å². The Balaban J connectivity index is 1.96. The lowest BCUT2D eigenvalue weighted by atomic mass is 9.88. The maximum Gasteiger partial charge on any atom is 0.0554 e. The summed E-state index contributed by atoms with van der Waals surface area (Å²) < 4.78 is 5.27. The molecular weight excluding hydrogens is 234 g/mol. The Bertz CT molecular complexity index is 376. The van der Waals surface area contributed by atoms with Crippen LogP contribution >= 0.6 is 11.6 Å². The maximum absolute atomic E-state index is 6.03. The van der Waals surface area contributed by atoms with Crippen LogP contribution in [0.2, 0.25) is 5.02 Å². The number of halogens is 1. The van der Waals surface area contributed by atoms with Crippen molar-refractivity contribution in [3.8, 4) is 0 Å². The molecule has 0 spiro atoms. The predicted molar refractivity (Wildman–Crippen MR) is 71.4 cm³/mol. The third-order valence-corrected chi connectivity index (χ3v) is 3.57. The van der Waals surface area contributed by atoms with Crippen LogP contribution in [0.5, 0.6) is 0 Å². The van der Waals surface area contributed by atoms with E-state index in [2.05, 4.69) is 25.2 Å². The Morgan fingerprint density at radius 1 is 1.47 bits per heavy atom. The lowest BCUT2D eigenvalue weighted by Crippen LogP contribution is -2.47. The van der Waals surface area contributed by atoms with Gasteiger partial charge >= 0.3 is 0 Å². The van der Waals surface area contributed by atoms with Gasteiger partial charge in [0.15, 0.2) is 0 Å². The van der Waals surface area contributed by atoms with Gasteiger partial charge in [-0.15, -0.1) is 0 Å². The highest BCUT2D eigenvalue weighted by atomic mass is 35.5. The fourth-order valence-corrected chi connectivity index (χ4v) is 2.34. The van der Waals surface area contributed by atoms with E-state index in [9.17, 15) is 0 Å². The van der Waals surface area contributed by atoms with E-state index in [4.69, 9.17) is 16.3 Å². The summed E-state index contributed by atoms with van der Waals surface area (Å²) in [6, 6.07) is 8.48. The molecule has 0 radical (unpaired) electrons. The van der Waals surface area contributed by atoms with Gasteiger partial charge in [0.05, 0.1) is 13.2 Å². The normalized spacial score (nSPS) is 19.7. The molecule has 94 valence electrons. The van der Waals surface area contributed by atoms with Crippen molar-refractivity contribution in [2.45, 2.75) is 26.3 Å².